The van der Waals surface area contributed by atoms with Gasteiger partial charge in [-0.3, -0.25) is 4.90 Å². The van der Waals surface area contributed by atoms with E-state index in [0.29, 0.717) is 12.3 Å². The van der Waals surface area contributed by atoms with Crippen LogP contribution < -0.4 is 5.73 Å². The second-order valence-corrected chi connectivity index (χ2v) is 8.54. The van der Waals surface area contributed by atoms with Crippen LogP contribution in [0.25, 0.3) is 0 Å². The summed E-state index contributed by atoms with van der Waals surface area (Å²) >= 11 is 0. The first-order valence-corrected chi connectivity index (χ1v) is 9.97. The van der Waals surface area contributed by atoms with Gasteiger partial charge in [0.05, 0.1) is 5.75 Å². The van der Waals surface area contributed by atoms with Gasteiger partial charge in [0, 0.05) is 17.8 Å². The molecule has 0 aromatic carbocycles. The highest BCUT2D eigenvalue weighted by Gasteiger charge is 2.35. The molecule has 0 spiro atoms. The highest BCUT2D eigenvalue weighted by molar-refractivity contribution is 7.91. The number of nitrogens with zero attached hydrogens (tertiary/aromatic N) is 1. The van der Waals surface area contributed by atoms with Gasteiger partial charge in [-0.15, -0.1) is 0 Å². The van der Waals surface area contributed by atoms with Gasteiger partial charge >= 0.3 is 0 Å². The Kier molecular flexibility index (Phi) is 7.48. The lowest BCUT2D eigenvalue weighted by Crippen LogP contribution is -2.55. The lowest BCUT2D eigenvalue weighted by molar-refractivity contribution is 0.0569. The first kappa shape index (κ1) is 17.9. The van der Waals surface area contributed by atoms with Crippen LogP contribution in [0.2, 0.25) is 0 Å². The fraction of sp³-hybridized carbons (Fsp3) is 1.00. The van der Waals surface area contributed by atoms with Crippen LogP contribution in [0, 0.1) is 0 Å². The molecule has 1 rings (SSSR count). The van der Waals surface area contributed by atoms with Gasteiger partial charge in [-0.1, -0.05) is 33.1 Å². The molecule has 120 valence electrons. The minimum atomic E-state index is -2.85. The molecule has 1 aliphatic rings. The first-order valence-electron chi connectivity index (χ1n) is 8.15. The monoisotopic (exact) mass is 304 g/mol. The van der Waals surface area contributed by atoms with Crippen molar-refractivity contribution in [3.05, 3.63) is 0 Å². The zero-order valence-corrected chi connectivity index (χ0v) is 14.1. The molecule has 0 saturated heterocycles. The standard InChI is InChI=1S/C15H32N2O2S/c1-3-11-17(12-8-13-20(18,19)4-2)15(14-16)9-6-5-7-10-15/h3-14,16H2,1-2H3. The molecule has 0 bridgehead atoms. The van der Waals surface area contributed by atoms with Crippen molar-refractivity contribution in [2.75, 3.05) is 31.1 Å². The van der Waals surface area contributed by atoms with Gasteiger partial charge in [-0.2, -0.15) is 0 Å². The second kappa shape index (κ2) is 8.35. The molecule has 5 heteroatoms. The van der Waals surface area contributed by atoms with Crippen molar-refractivity contribution in [2.24, 2.45) is 5.73 Å². The second-order valence-electron chi connectivity index (χ2n) is 6.07. The fourth-order valence-electron chi connectivity index (χ4n) is 3.34. The molecule has 0 aromatic heterocycles. The van der Waals surface area contributed by atoms with Crippen LogP contribution in [0.15, 0.2) is 0 Å². The third-order valence-corrected chi connectivity index (χ3v) is 6.44. The maximum Gasteiger partial charge on any atom is 0.150 e. The molecule has 2 N–H and O–H groups in total. The molecule has 0 heterocycles. The summed E-state index contributed by atoms with van der Waals surface area (Å²) in [5, 5.41) is 0. The molecular weight excluding hydrogens is 272 g/mol. The molecule has 0 aromatic rings. The number of hydrogen-bond donors (Lipinski definition) is 1. The number of nitrogens with two attached hydrogens (primary N) is 1. The quantitative estimate of drug-likeness (QED) is 0.709. The van der Waals surface area contributed by atoms with Gasteiger partial charge < -0.3 is 5.73 Å². The summed E-state index contributed by atoms with van der Waals surface area (Å²) in [5.74, 6) is 0.563. The van der Waals surface area contributed by atoms with E-state index in [4.69, 9.17) is 5.73 Å². The van der Waals surface area contributed by atoms with E-state index in [-0.39, 0.29) is 11.3 Å². The van der Waals surface area contributed by atoms with Crippen LogP contribution in [0.4, 0.5) is 0 Å². The Bertz CT molecular complexity index is 362. The van der Waals surface area contributed by atoms with Crippen molar-refractivity contribution in [3.63, 3.8) is 0 Å². The van der Waals surface area contributed by atoms with Gasteiger partial charge in [0.25, 0.3) is 0 Å². The Labute approximate surface area is 125 Å². The lowest BCUT2D eigenvalue weighted by atomic mass is 9.80. The highest BCUT2D eigenvalue weighted by Crippen LogP contribution is 2.33. The summed E-state index contributed by atoms with van der Waals surface area (Å²) in [4.78, 5) is 2.48. The van der Waals surface area contributed by atoms with E-state index in [2.05, 4.69) is 11.8 Å². The van der Waals surface area contributed by atoms with Crippen molar-refractivity contribution in [3.8, 4) is 0 Å². The van der Waals surface area contributed by atoms with Crippen LogP contribution in [-0.4, -0.2) is 50.0 Å². The fourth-order valence-corrected chi connectivity index (χ4v) is 4.19. The van der Waals surface area contributed by atoms with Crippen molar-refractivity contribution in [1.29, 1.82) is 0 Å². The molecule has 0 amide bonds. The number of rotatable bonds is 9. The maximum atomic E-state index is 11.6. The zero-order chi connectivity index (χ0) is 15.1. The van der Waals surface area contributed by atoms with Crippen molar-refractivity contribution in [1.82, 2.24) is 4.90 Å². The van der Waals surface area contributed by atoms with Gasteiger partial charge in [-0.25, -0.2) is 8.42 Å². The van der Waals surface area contributed by atoms with E-state index in [1.807, 2.05) is 0 Å². The molecule has 4 nitrogen and oxygen atoms in total. The first-order chi connectivity index (χ1) is 9.49. The molecule has 0 radical (unpaired) electrons. The topological polar surface area (TPSA) is 63.4 Å². The molecule has 20 heavy (non-hydrogen) atoms. The Balaban J connectivity index is 2.62. The average Bonchev–Trinajstić information content (AvgIpc) is 2.47. The largest absolute Gasteiger partial charge is 0.329 e. The van der Waals surface area contributed by atoms with Gasteiger partial charge in [0.2, 0.25) is 0 Å². The normalized spacial score (nSPS) is 19.4. The summed E-state index contributed by atoms with van der Waals surface area (Å²) in [6.45, 7) is 6.51. The predicted molar refractivity (Wildman–Crippen MR) is 85.7 cm³/mol. The zero-order valence-electron chi connectivity index (χ0n) is 13.2. The van der Waals surface area contributed by atoms with Crippen LogP contribution in [-0.2, 0) is 9.84 Å². The highest BCUT2D eigenvalue weighted by atomic mass is 32.2. The molecule has 1 aliphatic carbocycles. The summed E-state index contributed by atoms with van der Waals surface area (Å²) in [5.41, 5.74) is 6.22. The molecule has 1 saturated carbocycles. The van der Waals surface area contributed by atoms with E-state index in [1.54, 1.807) is 6.92 Å². The van der Waals surface area contributed by atoms with Crippen LogP contribution in [0.3, 0.4) is 0 Å². The average molecular weight is 305 g/mol. The minimum Gasteiger partial charge on any atom is -0.329 e. The van der Waals surface area contributed by atoms with E-state index in [9.17, 15) is 8.42 Å². The van der Waals surface area contributed by atoms with Crippen molar-refractivity contribution < 1.29 is 8.42 Å². The van der Waals surface area contributed by atoms with Crippen LogP contribution in [0.5, 0.6) is 0 Å². The summed E-state index contributed by atoms with van der Waals surface area (Å²) in [6, 6.07) is 0. The minimum absolute atomic E-state index is 0.129. The van der Waals surface area contributed by atoms with Crippen LogP contribution in [0.1, 0.15) is 58.8 Å². The molecule has 0 aliphatic heterocycles. The molecule has 1 fully saturated rings. The van der Waals surface area contributed by atoms with Crippen LogP contribution >= 0.6 is 0 Å². The Morgan fingerprint density at radius 1 is 1.10 bits per heavy atom. The third kappa shape index (κ3) is 5.01. The third-order valence-electron chi connectivity index (χ3n) is 4.65. The van der Waals surface area contributed by atoms with E-state index < -0.39 is 9.84 Å². The molecule has 0 atom stereocenters. The molecular formula is C15H32N2O2S. The van der Waals surface area contributed by atoms with Crippen molar-refractivity contribution >= 4 is 9.84 Å². The van der Waals surface area contributed by atoms with Gasteiger partial charge in [-0.05, 0) is 38.8 Å². The summed E-state index contributed by atoms with van der Waals surface area (Å²) in [6.07, 6.45) is 8.00. The predicted octanol–water partition coefficient (Wildman–Crippen LogP) is 2.18. The SMILES string of the molecule is CCCN(CCCS(=O)(=O)CC)C1(CN)CCCCC1. The Morgan fingerprint density at radius 2 is 1.75 bits per heavy atom. The van der Waals surface area contributed by atoms with Gasteiger partial charge in [0.15, 0.2) is 0 Å². The smallest absolute Gasteiger partial charge is 0.150 e. The number of hydrogen-bond acceptors (Lipinski definition) is 4. The van der Waals surface area contributed by atoms with Crippen molar-refractivity contribution in [2.45, 2.75) is 64.3 Å². The Morgan fingerprint density at radius 3 is 2.25 bits per heavy atom. The summed E-state index contributed by atoms with van der Waals surface area (Å²) in [7, 11) is -2.85. The maximum absolute atomic E-state index is 11.6. The lowest BCUT2D eigenvalue weighted by Gasteiger charge is -2.46. The van der Waals surface area contributed by atoms with E-state index >= 15 is 0 Å². The number of sulfone groups is 1. The van der Waals surface area contributed by atoms with E-state index in [0.717, 1.165) is 25.9 Å². The van der Waals surface area contributed by atoms with Gasteiger partial charge in [0.1, 0.15) is 9.84 Å². The Hall–Kier alpha value is -0.130. The van der Waals surface area contributed by atoms with E-state index in [1.165, 1.54) is 32.1 Å². The summed E-state index contributed by atoms with van der Waals surface area (Å²) < 4.78 is 23.2. The molecule has 0 unspecified atom stereocenters.